The van der Waals surface area contributed by atoms with Gasteiger partial charge in [-0.15, -0.1) is 0 Å². The van der Waals surface area contributed by atoms with Gasteiger partial charge in [-0.05, 0) is 35.9 Å². The average molecular weight is 414 g/mol. The van der Waals surface area contributed by atoms with Crippen LogP contribution in [-0.4, -0.2) is 31.3 Å². The highest BCUT2D eigenvalue weighted by molar-refractivity contribution is 9.10. The lowest BCUT2D eigenvalue weighted by Gasteiger charge is -2.13. The number of aliphatic hydroxyl groups is 1. The van der Waals surface area contributed by atoms with Crippen molar-refractivity contribution in [3.05, 3.63) is 63.1 Å². The lowest BCUT2D eigenvalue weighted by molar-refractivity contribution is 0.292. The predicted octanol–water partition coefficient (Wildman–Crippen LogP) is 3.35. The zero-order chi connectivity index (χ0) is 17.2. The molecule has 0 unspecified atom stereocenters. The van der Waals surface area contributed by atoms with Gasteiger partial charge in [0.1, 0.15) is 12.4 Å². The van der Waals surface area contributed by atoms with Gasteiger partial charge >= 0.3 is 0 Å². The van der Waals surface area contributed by atoms with Crippen molar-refractivity contribution in [2.24, 2.45) is 0 Å². The Balaban J connectivity index is 1.89. The van der Waals surface area contributed by atoms with Crippen LogP contribution >= 0.6 is 27.5 Å². The van der Waals surface area contributed by atoms with Crippen LogP contribution in [0.3, 0.4) is 0 Å². The highest BCUT2D eigenvalue weighted by atomic mass is 79.9. The molecule has 0 aromatic heterocycles. The molecule has 3 N–H and O–H groups in total. The molecule has 0 heterocycles. The van der Waals surface area contributed by atoms with Gasteiger partial charge in [0.25, 0.3) is 0 Å². The maximum absolute atomic E-state index is 8.72. The number of hydrogen-bond acceptors (Lipinski definition) is 4. The van der Waals surface area contributed by atoms with E-state index in [-0.39, 0.29) is 6.61 Å². The summed E-state index contributed by atoms with van der Waals surface area (Å²) >= 11 is 9.51. The summed E-state index contributed by atoms with van der Waals surface area (Å²) < 4.78 is 6.98. The molecule has 0 aliphatic rings. The lowest BCUT2D eigenvalue weighted by Crippen LogP contribution is -2.28. The van der Waals surface area contributed by atoms with E-state index in [2.05, 4.69) is 32.6 Å². The van der Waals surface area contributed by atoms with Crippen LogP contribution < -0.4 is 15.4 Å². The summed E-state index contributed by atoms with van der Waals surface area (Å²) in [5.41, 5.74) is 2.13. The monoisotopic (exact) mass is 412 g/mol. The highest BCUT2D eigenvalue weighted by Gasteiger charge is 2.05. The Morgan fingerprint density at radius 2 is 1.88 bits per heavy atom. The van der Waals surface area contributed by atoms with Gasteiger partial charge in [-0.1, -0.05) is 39.7 Å². The molecule has 0 saturated carbocycles. The number of ether oxygens (including phenoxy) is 1. The van der Waals surface area contributed by atoms with Crippen LogP contribution in [0.4, 0.5) is 0 Å². The van der Waals surface area contributed by atoms with Crippen LogP contribution in [0.2, 0.25) is 5.02 Å². The second kappa shape index (κ2) is 10.7. The first-order valence-electron chi connectivity index (χ1n) is 7.87. The molecule has 0 spiro atoms. The van der Waals surface area contributed by atoms with Crippen LogP contribution in [0.5, 0.6) is 5.75 Å². The summed E-state index contributed by atoms with van der Waals surface area (Å²) in [5, 5.41) is 15.9. The topological polar surface area (TPSA) is 53.5 Å². The van der Waals surface area contributed by atoms with E-state index in [0.717, 1.165) is 34.4 Å². The molecule has 24 heavy (non-hydrogen) atoms. The van der Waals surface area contributed by atoms with Crippen molar-refractivity contribution >= 4 is 27.5 Å². The molecule has 0 amide bonds. The summed E-state index contributed by atoms with van der Waals surface area (Å²) in [4.78, 5) is 0. The smallest absolute Gasteiger partial charge is 0.124 e. The number of aliphatic hydroxyl groups excluding tert-OH is 1. The zero-order valence-corrected chi connectivity index (χ0v) is 15.7. The van der Waals surface area contributed by atoms with Crippen molar-refractivity contribution in [2.75, 3.05) is 26.2 Å². The largest absolute Gasteiger partial charge is 0.489 e. The molecule has 6 heteroatoms. The Labute approximate surface area is 156 Å². The third kappa shape index (κ3) is 6.79. The van der Waals surface area contributed by atoms with Gasteiger partial charge in [0.2, 0.25) is 0 Å². The predicted molar refractivity (Wildman–Crippen MR) is 102 cm³/mol. The highest BCUT2D eigenvalue weighted by Crippen LogP contribution is 2.24. The van der Waals surface area contributed by atoms with Gasteiger partial charge in [-0.25, -0.2) is 0 Å². The summed E-state index contributed by atoms with van der Waals surface area (Å²) in [6.07, 6.45) is 0. The van der Waals surface area contributed by atoms with E-state index in [9.17, 15) is 0 Å². The Hall–Kier alpha value is -1.11. The summed E-state index contributed by atoms with van der Waals surface area (Å²) in [6, 6.07) is 13.7. The minimum Gasteiger partial charge on any atom is -0.489 e. The molecule has 2 rings (SSSR count). The Bertz CT molecular complexity index is 640. The Kier molecular flexibility index (Phi) is 8.56. The molecule has 0 radical (unpaired) electrons. The minimum absolute atomic E-state index is 0.160. The third-order valence-electron chi connectivity index (χ3n) is 3.39. The second-order valence-corrected chi connectivity index (χ2v) is 6.67. The number of hydrogen-bond donors (Lipinski definition) is 3. The summed E-state index contributed by atoms with van der Waals surface area (Å²) in [6.45, 7) is 3.60. The quantitative estimate of drug-likeness (QED) is 0.523. The van der Waals surface area contributed by atoms with Crippen LogP contribution in [-0.2, 0) is 13.2 Å². The summed E-state index contributed by atoms with van der Waals surface area (Å²) in [5.74, 6) is 0.856. The van der Waals surface area contributed by atoms with Gasteiger partial charge < -0.3 is 20.5 Å². The van der Waals surface area contributed by atoms with Crippen molar-refractivity contribution in [1.29, 1.82) is 0 Å². The standard InChI is InChI=1S/C18H22BrClN2O2/c19-16-4-5-18(24-13-14-2-1-3-17(20)10-14)15(11-16)12-22-7-6-21-8-9-23/h1-5,10-11,21-23H,6-9,12-13H2. The Morgan fingerprint density at radius 3 is 2.67 bits per heavy atom. The molecule has 2 aromatic rings. The first-order chi connectivity index (χ1) is 11.7. The SMILES string of the molecule is OCCNCCNCc1cc(Br)ccc1OCc1cccc(Cl)c1. The van der Waals surface area contributed by atoms with Crippen LogP contribution in [0.1, 0.15) is 11.1 Å². The molecular formula is C18H22BrClN2O2. The Morgan fingerprint density at radius 1 is 1.04 bits per heavy atom. The number of nitrogens with one attached hydrogen (secondary N) is 2. The second-order valence-electron chi connectivity index (χ2n) is 5.32. The summed E-state index contributed by atoms with van der Waals surface area (Å²) in [7, 11) is 0. The molecule has 0 bridgehead atoms. The van der Waals surface area contributed by atoms with Gasteiger partial charge in [-0.2, -0.15) is 0 Å². The van der Waals surface area contributed by atoms with E-state index in [1.165, 1.54) is 0 Å². The van der Waals surface area contributed by atoms with Crippen molar-refractivity contribution in [2.45, 2.75) is 13.2 Å². The van der Waals surface area contributed by atoms with Gasteiger partial charge in [0, 0.05) is 41.2 Å². The van der Waals surface area contributed by atoms with Crippen LogP contribution in [0.15, 0.2) is 46.9 Å². The van der Waals surface area contributed by atoms with E-state index >= 15 is 0 Å². The molecular weight excluding hydrogens is 392 g/mol. The number of benzene rings is 2. The molecule has 130 valence electrons. The molecule has 0 aliphatic carbocycles. The maximum Gasteiger partial charge on any atom is 0.124 e. The van der Waals surface area contributed by atoms with E-state index in [0.29, 0.717) is 24.7 Å². The van der Waals surface area contributed by atoms with E-state index < -0.39 is 0 Å². The molecule has 0 aliphatic heterocycles. The van der Waals surface area contributed by atoms with Gasteiger partial charge in [0.15, 0.2) is 0 Å². The third-order valence-corrected chi connectivity index (χ3v) is 4.12. The van der Waals surface area contributed by atoms with E-state index in [1.54, 1.807) is 0 Å². The minimum atomic E-state index is 0.160. The van der Waals surface area contributed by atoms with Gasteiger partial charge in [0.05, 0.1) is 6.61 Å². The van der Waals surface area contributed by atoms with Crippen LogP contribution in [0.25, 0.3) is 0 Å². The molecule has 0 atom stereocenters. The van der Waals surface area contributed by atoms with Crippen molar-refractivity contribution in [3.63, 3.8) is 0 Å². The first kappa shape index (κ1) is 19.2. The van der Waals surface area contributed by atoms with Crippen molar-refractivity contribution in [3.8, 4) is 5.75 Å². The van der Waals surface area contributed by atoms with Crippen LogP contribution in [0, 0.1) is 0 Å². The first-order valence-corrected chi connectivity index (χ1v) is 9.04. The number of rotatable bonds is 10. The molecule has 4 nitrogen and oxygen atoms in total. The molecule has 2 aromatic carbocycles. The fraction of sp³-hybridized carbons (Fsp3) is 0.333. The number of halogens is 2. The fourth-order valence-corrected chi connectivity index (χ4v) is 2.84. The van der Waals surface area contributed by atoms with Crippen molar-refractivity contribution in [1.82, 2.24) is 10.6 Å². The lowest BCUT2D eigenvalue weighted by atomic mass is 10.2. The van der Waals surface area contributed by atoms with E-state index in [1.807, 2.05) is 36.4 Å². The maximum atomic E-state index is 8.72. The molecule has 0 fully saturated rings. The van der Waals surface area contributed by atoms with Crippen molar-refractivity contribution < 1.29 is 9.84 Å². The zero-order valence-electron chi connectivity index (χ0n) is 13.4. The fourth-order valence-electron chi connectivity index (χ4n) is 2.22. The average Bonchev–Trinajstić information content (AvgIpc) is 2.57. The van der Waals surface area contributed by atoms with E-state index in [4.69, 9.17) is 21.4 Å². The normalized spacial score (nSPS) is 10.8. The molecule has 0 saturated heterocycles. The van der Waals surface area contributed by atoms with Gasteiger partial charge in [-0.3, -0.25) is 0 Å².